The second-order valence-electron chi connectivity index (χ2n) is 6.72. The summed E-state index contributed by atoms with van der Waals surface area (Å²) in [7, 11) is 0. The van der Waals surface area contributed by atoms with Crippen molar-refractivity contribution in [2.75, 3.05) is 0 Å². The van der Waals surface area contributed by atoms with Crippen LogP contribution in [0.1, 0.15) is 39.5 Å². The summed E-state index contributed by atoms with van der Waals surface area (Å²) in [6, 6.07) is 8.07. The van der Waals surface area contributed by atoms with Gasteiger partial charge >= 0.3 is 5.63 Å². The largest absolute Gasteiger partial charge is 0.481 e. The number of nitrogens with zero attached hydrogens (tertiary/aromatic N) is 3. The minimum absolute atomic E-state index is 0.0786. The van der Waals surface area contributed by atoms with Crippen LogP contribution < -0.4 is 10.4 Å². The van der Waals surface area contributed by atoms with Gasteiger partial charge in [-0.25, -0.2) is 4.79 Å². The Morgan fingerprint density at radius 2 is 1.82 bits per heavy atom. The Hall–Kier alpha value is -3.16. The predicted octanol–water partition coefficient (Wildman–Crippen LogP) is 2.94. The number of amides is 1. The molecule has 0 bridgehead atoms. The second kappa shape index (κ2) is 8.24. The number of rotatable bonds is 7. The molecule has 0 radical (unpaired) electrons. The van der Waals surface area contributed by atoms with E-state index in [-0.39, 0.29) is 18.5 Å². The molecule has 0 aliphatic heterocycles. The summed E-state index contributed by atoms with van der Waals surface area (Å²) in [5.41, 5.74) is -0.0333. The zero-order valence-corrected chi connectivity index (χ0v) is 16.3. The number of ether oxygens (including phenoxy) is 1. The van der Waals surface area contributed by atoms with E-state index in [9.17, 15) is 9.59 Å². The fourth-order valence-electron chi connectivity index (χ4n) is 2.76. The van der Waals surface area contributed by atoms with Crippen molar-refractivity contribution in [1.82, 2.24) is 15.1 Å². The second-order valence-corrected chi connectivity index (χ2v) is 6.72. The van der Waals surface area contributed by atoms with Crippen LogP contribution in [0.4, 0.5) is 0 Å². The molecule has 0 saturated heterocycles. The number of aryl methyl sites for hydroxylation is 1. The van der Waals surface area contributed by atoms with Crippen molar-refractivity contribution in [1.29, 1.82) is 0 Å². The van der Waals surface area contributed by atoms with Crippen LogP contribution in [0.15, 0.2) is 44.0 Å². The van der Waals surface area contributed by atoms with E-state index in [4.69, 9.17) is 13.6 Å². The van der Waals surface area contributed by atoms with Crippen molar-refractivity contribution in [2.45, 2.75) is 52.8 Å². The first-order valence-corrected chi connectivity index (χ1v) is 9.19. The Bertz CT molecular complexity index is 1020. The normalized spacial score (nSPS) is 12.3. The fourth-order valence-corrected chi connectivity index (χ4v) is 2.76. The Morgan fingerprint density at radius 3 is 2.50 bits per heavy atom. The highest BCUT2D eigenvalue weighted by atomic mass is 16.5. The molecule has 1 unspecified atom stereocenters. The van der Waals surface area contributed by atoms with Crippen LogP contribution in [-0.4, -0.2) is 33.2 Å². The van der Waals surface area contributed by atoms with Gasteiger partial charge in [0.25, 0.3) is 5.91 Å². The zero-order valence-electron chi connectivity index (χ0n) is 16.3. The van der Waals surface area contributed by atoms with Gasteiger partial charge in [0.15, 0.2) is 6.10 Å². The molecule has 0 saturated carbocycles. The van der Waals surface area contributed by atoms with Crippen molar-refractivity contribution < 1.29 is 18.4 Å². The number of benzene rings is 1. The summed E-state index contributed by atoms with van der Waals surface area (Å²) in [6.45, 7) is 7.63. The first-order valence-electron chi connectivity index (χ1n) is 9.19. The van der Waals surface area contributed by atoms with Crippen LogP contribution in [0.2, 0.25) is 0 Å². The lowest BCUT2D eigenvalue weighted by Gasteiger charge is -2.28. The number of hydrogen-bond donors (Lipinski definition) is 0. The summed E-state index contributed by atoms with van der Waals surface area (Å²) >= 11 is 0. The number of carbonyl (C=O) groups is 1. The molecule has 2 heterocycles. The van der Waals surface area contributed by atoms with Gasteiger partial charge < -0.3 is 18.5 Å². The first kappa shape index (κ1) is 19.6. The van der Waals surface area contributed by atoms with E-state index in [0.717, 1.165) is 5.39 Å². The highest BCUT2D eigenvalue weighted by molar-refractivity contribution is 5.81. The van der Waals surface area contributed by atoms with E-state index in [1.807, 2.05) is 20.8 Å². The number of hydrogen-bond acceptors (Lipinski definition) is 7. The molecule has 0 aliphatic rings. The number of carbonyl (C=O) groups excluding carboxylic acids is 1. The molecule has 8 heteroatoms. The molecule has 0 N–H and O–H groups in total. The van der Waals surface area contributed by atoms with Crippen LogP contribution in [0, 0.1) is 0 Å². The maximum Gasteiger partial charge on any atom is 0.336 e. The molecule has 148 valence electrons. The van der Waals surface area contributed by atoms with Crippen LogP contribution >= 0.6 is 0 Å². The minimum atomic E-state index is -0.746. The van der Waals surface area contributed by atoms with Crippen molar-refractivity contribution in [3.63, 3.8) is 0 Å². The molecule has 0 fully saturated rings. The van der Waals surface area contributed by atoms with Gasteiger partial charge in [-0.05, 0) is 39.0 Å². The summed E-state index contributed by atoms with van der Waals surface area (Å²) in [4.78, 5) is 25.9. The van der Waals surface area contributed by atoms with E-state index < -0.39 is 11.7 Å². The maximum absolute atomic E-state index is 12.9. The van der Waals surface area contributed by atoms with Crippen molar-refractivity contribution in [3.05, 3.63) is 52.5 Å². The van der Waals surface area contributed by atoms with Gasteiger partial charge in [-0.1, -0.05) is 6.92 Å². The molecule has 3 aromatic rings. The molecule has 1 amide bonds. The monoisotopic (exact) mass is 385 g/mol. The van der Waals surface area contributed by atoms with E-state index in [0.29, 0.717) is 29.5 Å². The predicted molar refractivity (Wildman–Crippen MR) is 102 cm³/mol. The molecule has 1 aromatic carbocycles. The zero-order chi connectivity index (χ0) is 20.3. The fraction of sp³-hybridized carbons (Fsp3) is 0.400. The highest BCUT2D eigenvalue weighted by Crippen LogP contribution is 2.21. The average molecular weight is 385 g/mol. The highest BCUT2D eigenvalue weighted by Gasteiger charge is 2.26. The number of aromatic nitrogens is 2. The molecule has 28 heavy (non-hydrogen) atoms. The van der Waals surface area contributed by atoms with Gasteiger partial charge in [-0.3, -0.25) is 4.79 Å². The van der Waals surface area contributed by atoms with E-state index in [2.05, 4.69) is 10.2 Å². The van der Waals surface area contributed by atoms with Crippen molar-refractivity contribution >= 4 is 16.9 Å². The lowest BCUT2D eigenvalue weighted by Crippen LogP contribution is -2.43. The van der Waals surface area contributed by atoms with Gasteiger partial charge in [0, 0.05) is 30.0 Å². The topological polar surface area (TPSA) is 98.7 Å². The van der Waals surface area contributed by atoms with Gasteiger partial charge in [0.1, 0.15) is 11.3 Å². The van der Waals surface area contributed by atoms with E-state index in [1.165, 1.54) is 6.07 Å². The third-order valence-electron chi connectivity index (χ3n) is 4.28. The average Bonchev–Trinajstić information content (AvgIpc) is 3.12. The molecule has 3 rings (SSSR count). The lowest BCUT2D eigenvalue weighted by molar-refractivity contribution is -0.140. The Kier molecular flexibility index (Phi) is 5.77. The van der Waals surface area contributed by atoms with E-state index in [1.54, 1.807) is 36.1 Å². The standard InChI is InChI=1S/C20H23N3O5/c1-5-17-21-22-18(28-17)11-23(12(2)3)20(25)13(4)26-15-8-6-14-7-9-19(24)27-16(14)10-15/h6-10,12-13H,5,11H2,1-4H3. The molecular weight excluding hydrogens is 362 g/mol. The van der Waals surface area contributed by atoms with Gasteiger partial charge in [-0.2, -0.15) is 0 Å². The molecular formula is C20H23N3O5. The SMILES string of the molecule is CCc1nnc(CN(C(=O)C(C)Oc2ccc3ccc(=O)oc3c2)C(C)C)o1. The number of fused-ring (bicyclic) bond motifs is 1. The Morgan fingerprint density at radius 1 is 1.11 bits per heavy atom. The van der Waals surface area contributed by atoms with E-state index >= 15 is 0 Å². The van der Waals surface area contributed by atoms with Crippen LogP contribution in [0.5, 0.6) is 5.75 Å². The summed E-state index contributed by atoms with van der Waals surface area (Å²) in [5, 5.41) is 8.69. The first-order chi connectivity index (χ1) is 13.4. The van der Waals surface area contributed by atoms with Crippen molar-refractivity contribution in [3.8, 4) is 5.75 Å². The Labute approximate surface area is 162 Å². The molecule has 2 aromatic heterocycles. The lowest BCUT2D eigenvalue weighted by atomic mass is 10.2. The summed E-state index contributed by atoms with van der Waals surface area (Å²) in [6.07, 6.45) is -0.107. The molecule has 8 nitrogen and oxygen atoms in total. The third-order valence-corrected chi connectivity index (χ3v) is 4.28. The molecule has 0 spiro atoms. The van der Waals surface area contributed by atoms with Crippen molar-refractivity contribution in [2.24, 2.45) is 0 Å². The molecule has 1 atom stereocenters. The smallest absolute Gasteiger partial charge is 0.336 e. The van der Waals surface area contributed by atoms with Gasteiger partial charge in [-0.15, -0.1) is 10.2 Å². The van der Waals surface area contributed by atoms with Crippen LogP contribution in [0.25, 0.3) is 11.0 Å². The van der Waals surface area contributed by atoms with Gasteiger partial charge in [0.05, 0.1) is 6.54 Å². The van der Waals surface area contributed by atoms with Gasteiger partial charge in [0.2, 0.25) is 11.8 Å². The van der Waals surface area contributed by atoms with Crippen LogP contribution in [-0.2, 0) is 17.8 Å². The van der Waals surface area contributed by atoms with Crippen LogP contribution in [0.3, 0.4) is 0 Å². The summed E-state index contributed by atoms with van der Waals surface area (Å²) in [5.74, 6) is 1.16. The summed E-state index contributed by atoms with van der Waals surface area (Å²) < 4.78 is 16.5. The quantitative estimate of drug-likeness (QED) is 0.577. The Balaban J connectivity index is 1.74. The maximum atomic E-state index is 12.9. The molecule has 0 aliphatic carbocycles. The third kappa shape index (κ3) is 4.39. The minimum Gasteiger partial charge on any atom is -0.481 e.